The van der Waals surface area contributed by atoms with Gasteiger partial charge in [0.1, 0.15) is 5.78 Å². The predicted octanol–water partition coefficient (Wildman–Crippen LogP) is 2.51. The van der Waals surface area contributed by atoms with Crippen LogP contribution in [-0.2, 0) is 9.53 Å². The molecule has 86 valence electrons. The minimum Gasteiger partial charge on any atom is -0.378 e. The minimum absolute atomic E-state index is 0.203. The van der Waals surface area contributed by atoms with Gasteiger partial charge in [-0.2, -0.15) is 11.8 Å². The molecule has 0 aromatic heterocycles. The van der Waals surface area contributed by atoms with Crippen molar-refractivity contribution in [3.05, 3.63) is 0 Å². The fourth-order valence-electron chi connectivity index (χ4n) is 2.44. The third kappa shape index (κ3) is 3.22. The van der Waals surface area contributed by atoms with E-state index in [0.717, 1.165) is 12.8 Å². The molecule has 0 aromatic carbocycles. The molecule has 2 aliphatic heterocycles. The summed E-state index contributed by atoms with van der Waals surface area (Å²) in [7, 11) is 0. The summed E-state index contributed by atoms with van der Waals surface area (Å²) in [6.07, 6.45) is 4.52. The maximum atomic E-state index is 12.0. The number of carbonyl (C=O) groups is 1. The molecule has 0 bridgehead atoms. The normalized spacial score (nSPS) is 33.1. The highest BCUT2D eigenvalue weighted by Crippen LogP contribution is 2.29. The molecule has 2 unspecified atom stereocenters. The monoisotopic (exact) mass is 228 g/mol. The summed E-state index contributed by atoms with van der Waals surface area (Å²) >= 11 is 2.02. The molecule has 2 fully saturated rings. The number of carbonyl (C=O) groups excluding carboxylic acids is 1. The van der Waals surface area contributed by atoms with Crippen LogP contribution >= 0.6 is 11.8 Å². The van der Waals surface area contributed by atoms with Gasteiger partial charge in [-0.25, -0.2) is 0 Å². The molecule has 0 spiro atoms. The Morgan fingerprint density at radius 2 is 2.13 bits per heavy atom. The molecule has 0 N–H and O–H groups in total. The zero-order chi connectivity index (χ0) is 10.7. The van der Waals surface area contributed by atoms with Crippen LogP contribution in [0.25, 0.3) is 0 Å². The molecule has 0 radical (unpaired) electrons. The molecule has 2 heterocycles. The summed E-state index contributed by atoms with van der Waals surface area (Å²) in [4.78, 5) is 12.0. The van der Waals surface area contributed by atoms with Crippen LogP contribution in [0.15, 0.2) is 0 Å². The zero-order valence-corrected chi connectivity index (χ0v) is 10.2. The fraction of sp³-hybridized carbons (Fsp3) is 0.917. The van der Waals surface area contributed by atoms with E-state index in [2.05, 4.69) is 6.92 Å². The van der Waals surface area contributed by atoms with Crippen LogP contribution in [0, 0.1) is 11.8 Å². The van der Waals surface area contributed by atoms with E-state index >= 15 is 0 Å². The first-order chi connectivity index (χ1) is 7.25. The van der Waals surface area contributed by atoms with Crippen molar-refractivity contribution in [2.24, 2.45) is 11.8 Å². The molecule has 3 heteroatoms. The van der Waals surface area contributed by atoms with Gasteiger partial charge < -0.3 is 4.74 Å². The number of thioether (sulfide) groups is 1. The highest BCUT2D eigenvalue weighted by Gasteiger charge is 2.29. The molecule has 2 atom stereocenters. The van der Waals surface area contributed by atoms with E-state index in [1.165, 1.54) is 24.3 Å². The molecule has 0 aliphatic carbocycles. The summed E-state index contributed by atoms with van der Waals surface area (Å²) in [5.41, 5.74) is 0. The standard InChI is InChI=1S/C12H20O2S/c1-9-6-11(8-14-9)12(13)7-10-2-4-15-5-3-10/h9-11H,2-8H2,1H3. The molecule has 15 heavy (non-hydrogen) atoms. The zero-order valence-electron chi connectivity index (χ0n) is 9.41. The molecule has 0 amide bonds. The molecule has 0 aromatic rings. The van der Waals surface area contributed by atoms with Gasteiger partial charge in [-0.05, 0) is 43.6 Å². The number of hydrogen-bond acceptors (Lipinski definition) is 3. The maximum Gasteiger partial charge on any atom is 0.138 e. The van der Waals surface area contributed by atoms with Crippen molar-refractivity contribution in [2.75, 3.05) is 18.1 Å². The Kier molecular flexibility index (Phi) is 4.09. The van der Waals surface area contributed by atoms with Gasteiger partial charge >= 0.3 is 0 Å². The molecular formula is C12H20O2S. The molecule has 2 saturated heterocycles. The summed E-state index contributed by atoms with van der Waals surface area (Å²) in [6, 6.07) is 0. The van der Waals surface area contributed by atoms with E-state index in [1.54, 1.807) is 0 Å². The van der Waals surface area contributed by atoms with E-state index in [-0.39, 0.29) is 5.92 Å². The average molecular weight is 228 g/mol. The molecule has 0 saturated carbocycles. The third-order valence-corrected chi connectivity index (χ3v) is 4.53. The molecule has 2 rings (SSSR count). The Morgan fingerprint density at radius 1 is 1.40 bits per heavy atom. The number of rotatable bonds is 3. The first kappa shape index (κ1) is 11.5. The van der Waals surface area contributed by atoms with Crippen molar-refractivity contribution in [3.63, 3.8) is 0 Å². The van der Waals surface area contributed by atoms with Crippen LogP contribution in [0.2, 0.25) is 0 Å². The van der Waals surface area contributed by atoms with Gasteiger partial charge in [0.15, 0.2) is 0 Å². The van der Waals surface area contributed by atoms with Gasteiger partial charge in [0.05, 0.1) is 12.7 Å². The van der Waals surface area contributed by atoms with Crippen LogP contribution in [0.5, 0.6) is 0 Å². The number of Topliss-reactive ketones (excluding diaryl/α,β-unsaturated/α-hetero) is 1. The van der Waals surface area contributed by atoms with Crippen molar-refractivity contribution in [2.45, 2.75) is 38.7 Å². The van der Waals surface area contributed by atoms with Gasteiger partial charge in [-0.1, -0.05) is 0 Å². The van der Waals surface area contributed by atoms with Crippen LogP contribution in [0.1, 0.15) is 32.6 Å². The average Bonchev–Trinajstić information content (AvgIpc) is 2.66. The van der Waals surface area contributed by atoms with Crippen molar-refractivity contribution in [1.82, 2.24) is 0 Å². The van der Waals surface area contributed by atoms with Crippen LogP contribution in [-0.4, -0.2) is 30.0 Å². The summed E-state index contributed by atoms with van der Waals surface area (Å²) in [6.45, 7) is 2.73. The van der Waals surface area contributed by atoms with Gasteiger partial charge in [-0.3, -0.25) is 4.79 Å². The Balaban J connectivity index is 1.76. The largest absolute Gasteiger partial charge is 0.378 e. The Morgan fingerprint density at radius 3 is 2.73 bits per heavy atom. The smallest absolute Gasteiger partial charge is 0.138 e. The maximum absolute atomic E-state index is 12.0. The second-order valence-corrected chi connectivity index (χ2v) is 6.03. The molecular weight excluding hydrogens is 208 g/mol. The van der Waals surface area contributed by atoms with Gasteiger partial charge in [0.2, 0.25) is 0 Å². The Bertz CT molecular complexity index is 224. The first-order valence-electron chi connectivity index (χ1n) is 5.97. The lowest BCUT2D eigenvalue weighted by Crippen LogP contribution is -2.20. The van der Waals surface area contributed by atoms with Gasteiger partial charge in [-0.15, -0.1) is 0 Å². The highest BCUT2D eigenvalue weighted by atomic mass is 32.2. The Labute approximate surface area is 96.1 Å². The highest BCUT2D eigenvalue weighted by molar-refractivity contribution is 7.99. The van der Waals surface area contributed by atoms with E-state index < -0.39 is 0 Å². The summed E-state index contributed by atoms with van der Waals surface area (Å²) in [5, 5.41) is 0. The van der Waals surface area contributed by atoms with Crippen LogP contribution < -0.4 is 0 Å². The van der Waals surface area contributed by atoms with E-state index in [1.807, 2.05) is 11.8 Å². The van der Waals surface area contributed by atoms with E-state index in [0.29, 0.717) is 24.4 Å². The van der Waals surface area contributed by atoms with E-state index in [4.69, 9.17) is 4.74 Å². The second kappa shape index (κ2) is 5.35. The second-order valence-electron chi connectivity index (χ2n) is 4.80. The molecule has 2 nitrogen and oxygen atoms in total. The predicted molar refractivity (Wildman–Crippen MR) is 63.2 cm³/mol. The fourth-order valence-corrected chi connectivity index (χ4v) is 3.65. The van der Waals surface area contributed by atoms with Crippen LogP contribution in [0.3, 0.4) is 0 Å². The third-order valence-electron chi connectivity index (χ3n) is 3.48. The van der Waals surface area contributed by atoms with Gasteiger partial charge in [0, 0.05) is 12.3 Å². The first-order valence-corrected chi connectivity index (χ1v) is 7.13. The lowest BCUT2D eigenvalue weighted by molar-refractivity contribution is -0.123. The van der Waals surface area contributed by atoms with Crippen LogP contribution in [0.4, 0.5) is 0 Å². The van der Waals surface area contributed by atoms with E-state index in [9.17, 15) is 4.79 Å². The summed E-state index contributed by atoms with van der Waals surface area (Å²) in [5.74, 6) is 3.81. The quantitative estimate of drug-likeness (QED) is 0.742. The van der Waals surface area contributed by atoms with Crippen molar-refractivity contribution in [3.8, 4) is 0 Å². The SMILES string of the molecule is CC1CC(C(=O)CC2CCSCC2)CO1. The lowest BCUT2D eigenvalue weighted by atomic mass is 9.90. The van der Waals surface area contributed by atoms with Crippen molar-refractivity contribution >= 4 is 17.5 Å². The number of ether oxygens (including phenoxy) is 1. The number of hydrogen-bond donors (Lipinski definition) is 0. The Hall–Kier alpha value is -0.0200. The van der Waals surface area contributed by atoms with Crippen molar-refractivity contribution in [1.29, 1.82) is 0 Å². The minimum atomic E-state index is 0.203. The van der Waals surface area contributed by atoms with Crippen molar-refractivity contribution < 1.29 is 9.53 Å². The lowest BCUT2D eigenvalue weighted by Gasteiger charge is -2.21. The number of ketones is 1. The molecule has 2 aliphatic rings. The summed E-state index contributed by atoms with van der Waals surface area (Å²) < 4.78 is 5.45. The van der Waals surface area contributed by atoms with Gasteiger partial charge in [0.25, 0.3) is 0 Å². The topological polar surface area (TPSA) is 26.3 Å².